The summed E-state index contributed by atoms with van der Waals surface area (Å²) >= 11 is 0. The van der Waals surface area contributed by atoms with Gasteiger partial charge in [-0.25, -0.2) is 9.38 Å². The Bertz CT molecular complexity index is 1700. The molecule has 3 fully saturated rings. The SMILES string of the molecule is Cc1nc2c(N3C[C@@H](C)N(C(c4ccc(C(F)(F)F)cc4)[C@H]4C[C@H](C(F)(F)F)C4)C[C@@H]3C)nc3nncn3c2n1C[C@@H]1CCCO1. The number of anilines is 1. The molecule has 1 unspecified atom stereocenters. The van der Waals surface area contributed by atoms with Gasteiger partial charge in [0, 0.05) is 37.8 Å². The first-order valence-corrected chi connectivity index (χ1v) is 15.7. The van der Waals surface area contributed by atoms with Crippen LogP contribution in [0.1, 0.15) is 62.5 Å². The van der Waals surface area contributed by atoms with Gasteiger partial charge in [-0.1, -0.05) is 12.1 Å². The van der Waals surface area contributed by atoms with Crippen LogP contribution in [0.4, 0.5) is 32.2 Å². The minimum absolute atomic E-state index is 0.0519. The molecule has 248 valence electrons. The zero-order chi connectivity index (χ0) is 32.5. The van der Waals surface area contributed by atoms with Gasteiger partial charge in [0.1, 0.15) is 17.7 Å². The van der Waals surface area contributed by atoms with Gasteiger partial charge < -0.3 is 14.2 Å². The number of hydrogen-bond donors (Lipinski definition) is 0. The van der Waals surface area contributed by atoms with Crippen LogP contribution in [0.15, 0.2) is 30.6 Å². The highest BCUT2D eigenvalue weighted by Gasteiger charge is 2.52. The van der Waals surface area contributed by atoms with E-state index < -0.39 is 29.9 Å². The Hall–Kier alpha value is -3.46. The highest BCUT2D eigenvalue weighted by atomic mass is 19.4. The van der Waals surface area contributed by atoms with E-state index in [1.807, 2.05) is 25.2 Å². The van der Waals surface area contributed by atoms with Crippen molar-refractivity contribution in [1.82, 2.24) is 34.0 Å². The minimum Gasteiger partial charge on any atom is -0.376 e. The predicted molar refractivity (Wildman–Crippen MR) is 157 cm³/mol. The summed E-state index contributed by atoms with van der Waals surface area (Å²) in [4.78, 5) is 14.1. The second kappa shape index (κ2) is 11.4. The van der Waals surface area contributed by atoms with Crippen molar-refractivity contribution < 1.29 is 31.1 Å². The van der Waals surface area contributed by atoms with Gasteiger partial charge in [0.25, 0.3) is 5.78 Å². The van der Waals surface area contributed by atoms with Gasteiger partial charge in [0.05, 0.1) is 24.1 Å². The van der Waals surface area contributed by atoms with Crippen molar-refractivity contribution >= 4 is 22.8 Å². The van der Waals surface area contributed by atoms with E-state index in [2.05, 4.69) is 24.6 Å². The molecule has 0 spiro atoms. The molecule has 2 saturated heterocycles. The smallest absolute Gasteiger partial charge is 0.376 e. The molecule has 9 nitrogen and oxygen atoms in total. The third-order valence-corrected chi connectivity index (χ3v) is 10.0. The number of imidazole rings is 1. The average molecular weight is 651 g/mol. The number of benzene rings is 1. The van der Waals surface area contributed by atoms with E-state index in [1.165, 1.54) is 12.1 Å². The third-order valence-electron chi connectivity index (χ3n) is 10.0. The maximum Gasteiger partial charge on any atom is 0.416 e. The highest BCUT2D eigenvalue weighted by Crippen LogP contribution is 2.52. The summed E-state index contributed by atoms with van der Waals surface area (Å²) in [6.45, 7) is 8.29. The molecule has 0 N–H and O–H groups in total. The van der Waals surface area contributed by atoms with Gasteiger partial charge in [-0.3, -0.25) is 4.90 Å². The zero-order valence-corrected chi connectivity index (χ0v) is 25.8. The van der Waals surface area contributed by atoms with E-state index in [9.17, 15) is 26.3 Å². The number of piperazine rings is 1. The zero-order valence-electron chi connectivity index (χ0n) is 25.8. The van der Waals surface area contributed by atoms with Crippen LogP contribution in [0.5, 0.6) is 0 Å². The first-order valence-electron chi connectivity index (χ1n) is 15.7. The summed E-state index contributed by atoms with van der Waals surface area (Å²) < 4.78 is 90.5. The lowest BCUT2D eigenvalue weighted by Gasteiger charge is -2.52. The van der Waals surface area contributed by atoms with Crippen molar-refractivity contribution in [3.8, 4) is 0 Å². The Balaban J connectivity index is 1.21. The molecule has 15 heteroatoms. The molecular formula is C31H36F6N8O. The van der Waals surface area contributed by atoms with Crippen LogP contribution in [-0.2, 0) is 17.5 Å². The number of halogens is 6. The van der Waals surface area contributed by atoms with Gasteiger partial charge in [-0.05, 0) is 70.1 Å². The van der Waals surface area contributed by atoms with Crippen molar-refractivity contribution in [3.63, 3.8) is 0 Å². The Morgan fingerprint density at radius 2 is 1.72 bits per heavy atom. The lowest BCUT2D eigenvalue weighted by atomic mass is 9.68. The molecule has 4 atom stereocenters. The first-order chi connectivity index (χ1) is 21.8. The molecule has 4 aromatic rings. The van der Waals surface area contributed by atoms with Gasteiger partial charge in [-0.15, -0.1) is 10.2 Å². The second-order valence-corrected chi connectivity index (χ2v) is 13.1. The normalized spacial score (nSPS) is 27.1. The van der Waals surface area contributed by atoms with Gasteiger partial charge in [0.15, 0.2) is 11.5 Å². The number of aromatic nitrogens is 6. The summed E-state index contributed by atoms with van der Waals surface area (Å²) in [6.07, 6.45) is -5.23. The molecule has 46 heavy (non-hydrogen) atoms. The largest absolute Gasteiger partial charge is 0.416 e. The number of rotatable bonds is 6. The topological polar surface area (TPSA) is 76.6 Å². The van der Waals surface area contributed by atoms with Crippen molar-refractivity contribution in [2.24, 2.45) is 11.8 Å². The Kier molecular flexibility index (Phi) is 7.69. The van der Waals surface area contributed by atoms with Crippen LogP contribution in [-0.4, -0.2) is 78.1 Å². The van der Waals surface area contributed by atoms with Crippen LogP contribution in [0, 0.1) is 18.8 Å². The van der Waals surface area contributed by atoms with Crippen LogP contribution in [0.2, 0.25) is 0 Å². The van der Waals surface area contributed by atoms with E-state index in [1.54, 1.807) is 6.33 Å². The van der Waals surface area contributed by atoms with Crippen molar-refractivity contribution in [3.05, 3.63) is 47.5 Å². The van der Waals surface area contributed by atoms with Gasteiger partial charge >= 0.3 is 12.4 Å². The molecule has 0 radical (unpaired) electrons. The highest BCUT2D eigenvalue weighted by molar-refractivity contribution is 5.87. The standard InChI is InChI=1S/C31H36F6N8O/c1-17-14-43(27-25-28(45-16-38-41-29(45)40-27)44(19(3)39-25)15-24-5-4-10-46-24)18(2)13-42(17)26(21-11-23(12-21)31(35,36)37)20-6-8-22(9-7-20)30(32,33)34/h6-9,16-18,21,23-24,26H,4-5,10-15H2,1-3H3/t17-,18+,21-,23-,24+,26?/m1/s1. The molecule has 1 aromatic carbocycles. The quantitative estimate of drug-likeness (QED) is 0.230. The maximum atomic E-state index is 13.5. The number of aryl methyl sites for hydroxylation is 1. The summed E-state index contributed by atoms with van der Waals surface area (Å²) in [6, 6.07) is 4.14. The van der Waals surface area contributed by atoms with Crippen LogP contribution in [0.3, 0.4) is 0 Å². The molecule has 3 aliphatic rings. The summed E-state index contributed by atoms with van der Waals surface area (Å²) in [5.41, 5.74) is 1.33. The first kappa shape index (κ1) is 31.2. The Morgan fingerprint density at radius 1 is 0.978 bits per heavy atom. The van der Waals surface area contributed by atoms with Crippen molar-refractivity contribution in [1.29, 1.82) is 0 Å². The number of alkyl halides is 6. The molecule has 7 rings (SSSR count). The molecule has 1 aliphatic carbocycles. The molecule has 0 bridgehead atoms. The molecule has 5 heterocycles. The third kappa shape index (κ3) is 5.48. The van der Waals surface area contributed by atoms with E-state index >= 15 is 0 Å². The fraction of sp³-hybridized carbons (Fsp3) is 0.613. The number of nitrogens with zero attached hydrogens (tertiary/aromatic N) is 8. The molecule has 2 aliphatic heterocycles. The predicted octanol–water partition coefficient (Wildman–Crippen LogP) is 6.21. The van der Waals surface area contributed by atoms with Gasteiger partial charge in [-0.2, -0.15) is 31.3 Å². The number of ether oxygens (including phenoxy) is 1. The summed E-state index contributed by atoms with van der Waals surface area (Å²) in [5, 5.41) is 8.35. The fourth-order valence-corrected chi connectivity index (χ4v) is 7.59. The van der Waals surface area contributed by atoms with Crippen molar-refractivity contribution in [2.45, 2.75) is 89.6 Å². The Labute approximate surface area is 261 Å². The lowest BCUT2D eigenvalue weighted by molar-refractivity contribution is -0.211. The number of hydrogen-bond acceptors (Lipinski definition) is 7. The summed E-state index contributed by atoms with van der Waals surface area (Å²) in [5.74, 6) is 0.145. The lowest BCUT2D eigenvalue weighted by Crippen LogP contribution is -2.59. The maximum absolute atomic E-state index is 13.5. The van der Waals surface area contributed by atoms with Crippen molar-refractivity contribution in [2.75, 3.05) is 24.6 Å². The van der Waals surface area contributed by atoms with E-state index in [0.717, 1.165) is 43.1 Å². The monoisotopic (exact) mass is 650 g/mol. The molecule has 1 saturated carbocycles. The van der Waals surface area contributed by atoms with Crippen LogP contribution >= 0.6 is 0 Å². The van der Waals surface area contributed by atoms with E-state index in [0.29, 0.717) is 42.3 Å². The molecular weight excluding hydrogens is 614 g/mol. The average Bonchev–Trinajstić information content (AvgIpc) is 3.71. The van der Waals surface area contributed by atoms with Crippen LogP contribution in [0.25, 0.3) is 16.9 Å². The second-order valence-electron chi connectivity index (χ2n) is 13.1. The molecule has 3 aromatic heterocycles. The fourth-order valence-electron chi connectivity index (χ4n) is 7.59. The molecule has 0 amide bonds. The van der Waals surface area contributed by atoms with Crippen LogP contribution < -0.4 is 4.90 Å². The number of fused-ring (bicyclic) bond motifs is 3. The van der Waals surface area contributed by atoms with E-state index in [4.69, 9.17) is 14.7 Å². The van der Waals surface area contributed by atoms with Gasteiger partial charge in [0.2, 0.25) is 0 Å². The van der Waals surface area contributed by atoms with E-state index in [-0.39, 0.29) is 36.9 Å². The minimum atomic E-state index is -4.50. The summed E-state index contributed by atoms with van der Waals surface area (Å²) in [7, 11) is 0. The Morgan fingerprint density at radius 3 is 2.37 bits per heavy atom.